The number of H-pyrrole nitrogens is 1. The molecule has 210 valence electrons. The van der Waals surface area contributed by atoms with Crippen molar-refractivity contribution in [3.05, 3.63) is 88.1 Å². The second kappa shape index (κ2) is 13.5. The van der Waals surface area contributed by atoms with Gasteiger partial charge < -0.3 is 30.7 Å². The maximum atomic E-state index is 15.4. The molecular formula is C25H27FN8O6. The molecule has 0 spiro atoms. The zero-order valence-corrected chi connectivity index (χ0v) is 21.5. The van der Waals surface area contributed by atoms with Crippen LogP contribution in [0.15, 0.2) is 59.7 Å². The number of halogens is 1. The second-order valence-corrected chi connectivity index (χ2v) is 7.96. The van der Waals surface area contributed by atoms with Crippen LogP contribution in [0, 0.1) is 11.2 Å². The van der Waals surface area contributed by atoms with Crippen LogP contribution in [0.1, 0.15) is 29.9 Å². The van der Waals surface area contributed by atoms with Crippen molar-refractivity contribution in [3.8, 4) is 17.4 Å². The van der Waals surface area contributed by atoms with Gasteiger partial charge in [0.25, 0.3) is 11.9 Å². The quantitative estimate of drug-likeness (QED) is 0.122. The average molecular weight is 555 g/mol. The Morgan fingerprint density at radius 3 is 2.45 bits per heavy atom. The molecule has 4 aromatic rings. The number of carbonyl (C=O) groups is 1. The first-order chi connectivity index (χ1) is 19.1. The van der Waals surface area contributed by atoms with E-state index < -0.39 is 23.5 Å². The number of carboxylic acid groups (broad SMARTS) is 1. The standard InChI is InChI=1S/C23H23FN8O4.C2H4O2/c1-35-17-11-15(16(24)12-18(17)36-10-9-33)19(29-14-5-3-13(4-6-14)20(25)26)21-30-23(34)32(31-21)22-27-7-2-8-28-22;1-2(3)4/h2-8,11-12,19,29,33H,9-10H2,1H3,(H3,25,26)(H,30,31,34);1H3,(H,3,4). The summed E-state index contributed by atoms with van der Waals surface area (Å²) in [5.74, 6) is -1.17. The van der Waals surface area contributed by atoms with E-state index in [0.717, 1.165) is 17.7 Å². The number of anilines is 1. The maximum absolute atomic E-state index is 15.4. The van der Waals surface area contributed by atoms with Crippen LogP contribution in [0.25, 0.3) is 5.95 Å². The van der Waals surface area contributed by atoms with Gasteiger partial charge in [-0.25, -0.2) is 19.2 Å². The molecule has 0 amide bonds. The van der Waals surface area contributed by atoms with Crippen LogP contribution in [0.4, 0.5) is 10.1 Å². The Labute approximate surface area is 226 Å². The minimum absolute atomic E-state index is 0.0420. The number of nitrogens with two attached hydrogens (primary N) is 1. The number of nitrogens with one attached hydrogen (secondary N) is 3. The van der Waals surface area contributed by atoms with Crippen LogP contribution >= 0.6 is 0 Å². The third kappa shape index (κ3) is 7.38. The van der Waals surface area contributed by atoms with Gasteiger partial charge in [0.1, 0.15) is 24.3 Å². The zero-order valence-electron chi connectivity index (χ0n) is 21.5. The molecule has 0 aliphatic carbocycles. The summed E-state index contributed by atoms with van der Waals surface area (Å²) in [5.41, 5.74) is 6.05. The molecule has 0 saturated heterocycles. The number of aliphatic carboxylic acids is 1. The van der Waals surface area contributed by atoms with Gasteiger partial charge in [0.05, 0.1) is 13.7 Å². The van der Waals surface area contributed by atoms with Gasteiger partial charge in [0, 0.05) is 42.2 Å². The number of carboxylic acids is 1. The minimum atomic E-state index is -0.994. The Morgan fingerprint density at radius 1 is 1.23 bits per heavy atom. The van der Waals surface area contributed by atoms with Gasteiger partial charge in [0.2, 0.25) is 0 Å². The number of aliphatic hydroxyl groups is 1. The van der Waals surface area contributed by atoms with E-state index in [1.165, 1.54) is 25.6 Å². The molecular weight excluding hydrogens is 527 g/mol. The first-order valence-corrected chi connectivity index (χ1v) is 11.6. The monoisotopic (exact) mass is 554 g/mol. The topological polar surface area (TPSA) is 214 Å². The number of rotatable bonds is 10. The van der Waals surface area contributed by atoms with E-state index in [4.69, 9.17) is 35.6 Å². The second-order valence-electron chi connectivity index (χ2n) is 7.96. The summed E-state index contributed by atoms with van der Waals surface area (Å²) in [5, 5.41) is 31.5. The summed E-state index contributed by atoms with van der Waals surface area (Å²) >= 11 is 0. The van der Waals surface area contributed by atoms with E-state index >= 15 is 4.39 Å². The summed E-state index contributed by atoms with van der Waals surface area (Å²) in [7, 11) is 1.40. The van der Waals surface area contributed by atoms with Crippen LogP contribution in [0.3, 0.4) is 0 Å². The highest BCUT2D eigenvalue weighted by Gasteiger charge is 2.26. The van der Waals surface area contributed by atoms with Crippen molar-refractivity contribution in [2.75, 3.05) is 25.6 Å². The van der Waals surface area contributed by atoms with Gasteiger partial charge >= 0.3 is 5.69 Å². The maximum Gasteiger partial charge on any atom is 0.350 e. The minimum Gasteiger partial charge on any atom is -0.493 e. The van der Waals surface area contributed by atoms with Crippen molar-refractivity contribution < 1.29 is 28.9 Å². The number of hydrogen-bond donors (Lipinski definition) is 6. The molecule has 2 aromatic heterocycles. The molecule has 7 N–H and O–H groups in total. The molecule has 0 fully saturated rings. The lowest BCUT2D eigenvalue weighted by Crippen LogP contribution is -2.18. The fourth-order valence-electron chi connectivity index (χ4n) is 3.41. The van der Waals surface area contributed by atoms with Crippen molar-refractivity contribution >= 4 is 17.5 Å². The number of aliphatic hydroxyl groups excluding tert-OH is 1. The Morgan fingerprint density at radius 2 is 1.88 bits per heavy atom. The van der Waals surface area contributed by atoms with Crippen LogP contribution in [0.2, 0.25) is 0 Å². The summed E-state index contributed by atoms with van der Waals surface area (Å²) in [6, 6.07) is 9.73. The lowest BCUT2D eigenvalue weighted by Gasteiger charge is -2.21. The Balaban J connectivity index is 0.00000103. The van der Waals surface area contributed by atoms with Crippen molar-refractivity contribution in [2.45, 2.75) is 13.0 Å². The SMILES string of the molecule is CC(=O)O.COc1cc(C(Nc2ccc(C(=N)N)cc2)c2nn(-c3ncccn3)c(=O)[nH]2)c(F)cc1OCCO. The molecule has 2 heterocycles. The molecule has 40 heavy (non-hydrogen) atoms. The van der Waals surface area contributed by atoms with Crippen molar-refractivity contribution in [1.82, 2.24) is 24.7 Å². The molecule has 2 aromatic carbocycles. The highest BCUT2D eigenvalue weighted by molar-refractivity contribution is 5.95. The fraction of sp³-hybridized carbons (Fsp3) is 0.200. The van der Waals surface area contributed by atoms with E-state index in [1.54, 1.807) is 30.3 Å². The predicted octanol–water partition coefficient (Wildman–Crippen LogP) is 1.45. The highest BCUT2D eigenvalue weighted by Crippen LogP contribution is 2.35. The number of benzene rings is 2. The van der Waals surface area contributed by atoms with E-state index in [-0.39, 0.29) is 47.9 Å². The van der Waals surface area contributed by atoms with Gasteiger partial charge in [-0.1, -0.05) is 0 Å². The van der Waals surface area contributed by atoms with Crippen LogP contribution in [-0.2, 0) is 4.79 Å². The van der Waals surface area contributed by atoms with Gasteiger partial charge in [0.15, 0.2) is 17.3 Å². The number of hydrogen-bond acceptors (Lipinski definition) is 10. The lowest BCUT2D eigenvalue weighted by atomic mass is 10.0. The van der Waals surface area contributed by atoms with Gasteiger partial charge in [-0.05, 0) is 36.4 Å². The van der Waals surface area contributed by atoms with Gasteiger partial charge in [-0.2, -0.15) is 0 Å². The number of amidine groups is 1. The number of aromatic amines is 1. The van der Waals surface area contributed by atoms with Gasteiger partial charge in [-0.3, -0.25) is 15.2 Å². The molecule has 0 bridgehead atoms. The molecule has 0 saturated carbocycles. The third-order valence-corrected chi connectivity index (χ3v) is 5.10. The largest absolute Gasteiger partial charge is 0.493 e. The number of aromatic nitrogens is 5. The lowest BCUT2D eigenvalue weighted by molar-refractivity contribution is -0.134. The van der Waals surface area contributed by atoms with Crippen LogP contribution in [-0.4, -0.2) is 67.1 Å². The molecule has 15 heteroatoms. The van der Waals surface area contributed by atoms with Crippen molar-refractivity contribution in [3.63, 3.8) is 0 Å². The van der Waals surface area contributed by atoms with Crippen LogP contribution < -0.4 is 26.2 Å². The van der Waals surface area contributed by atoms with E-state index in [9.17, 15) is 4.79 Å². The fourth-order valence-corrected chi connectivity index (χ4v) is 3.41. The van der Waals surface area contributed by atoms with E-state index in [0.29, 0.717) is 11.3 Å². The summed E-state index contributed by atoms with van der Waals surface area (Å²) in [6.07, 6.45) is 2.93. The Hall–Kier alpha value is -5.31. The summed E-state index contributed by atoms with van der Waals surface area (Å²) in [6.45, 7) is 0.779. The molecule has 14 nitrogen and oxygen atoms in total. The number of nitrogens with zero attached hydrogens (tertiary/aromatic N) is 4. The van der Waals surface area contributed by atoms with Crippen molar-refractivity contribution in [1.29, 1.82) is 5.41 Å². The summed E-state index contributed by atoms with van der Waals surface area (Å²) < 4.78 is 27.1. The Bertz CT molecular complexity index is 1500. The normalized spacial score (nSPS) is 11.1. The number of ether oxygens (including phenoxy) is 2. The average Bonchev–Trinajstić information content (AvgIpc) is 3.32. The summed E-state index contributed by atoms with van der Waals surface area (Å²) in [4.78, 5) is 32.4. The first-order valence-electron chi connectivity index (χ1n) is 11.6. The third-order valence-electron chi connectivity index (χ3n) is 5.10. The molecule has 0 aliphatic rings. The molecule has 0 radical (unpaired) electrons. The van der Waals surface area contributed by atoms with E-state index in [1.807, 2.05) is 0 Å². The Kier molecular flexibility index (Phi) is 9.85. The zero-order chi connectivity index (χ0) is 29.2. The highest BCUT2D eigenvalue weighted by atomic mass is 19.1. The molecule has 0 aliphatic heterocycles. The van der Waals surface area contributed by atoms with E-state index in [2.05, 4.69) is 25.4 Å². The van der Waals surface area contributed by atoms with Crippen LogP contribution in [0.5, 0.6) is 11.5 Å². The first kappa shape index (κ1) is 29.2. The number of nitrogen functional groups attached to an aromatic ring is 1. The smallest absolute Gasteiger partial charge is 0.350 e. The van der Waals surface area contributed by atoms with Gasteiger partial charge in [-0.15, -0.1) is 9.78 Å². The van der Waals surface area contributed by atoms with Crippen molar-refractivity contribution in [2.24, 2.45) is 5.73 Å². The predicted molar refractivity (Wildman–Crippen MR) is 142 cm³/mol. The number of methoxy groups -OCH3 is 1. The molecule has 1 atom stereocenters. The molecule has 4 rings (SSSR count). The molecule has 1 unspecified atom stereocenters.